The van der Waals surface area contributed by atoms with Crippen LogP contribution in [-0.4, -0.2) is 23.6 Å². The monoisotopic (exact) mass is 814 g/mol. The minimum Gasteiger partial charge on any atom is -0.268 e. The Morgan fingerprint density at radius 2 is 0.534 bits per heavy atom. The molecule has 2 heterocycles. The molecule has 0 saturated heterocycles. The van der Waals surface area contributed by atoms with Crippen molar-refractivity contribution in [2.45, 2.75) is 24.7 Å². The summed E-state index contributed by atoms with van der Waals surface area (Å²) in [5.74, 6) is -4.93. The molecule has 6 nitrogen and oxygen atoms in total. The van der Waals surface area contributed by atoms with Gasteiger partial charge in [0.15, 0.2) is 0 Å². The van der Waals surface area contributed by atoms with Crippen molar-refractivity contribution >= 4 is 78.1 Å². The van der Waals surface area contributed by atoms with Gasteiger partial charge in [0.25, 0.3) is 23.6 Å². The molecule has 0 unspecified atom stereocenters. The molecule has 0 atom stereocenters. The SMILES string of the molecule is O=C1c2ccc3c4ccc5c6c(ccc(c7ccc(c2c37)C(=O)N1c1cc(C(F)(F)F)cc(C(F)(F)F)c1)c64)C(=O)N(c1cc(C(F)(F)F)cc(C(F)(F)F)c1)C5=O. The number of halogens is 12. The van der Waals surface area contributed by atoms with Gasteiger partial charge in [-0.1, -0.05) is 24.3 Å². The van der Waals surface area contributed by atoms with E-state index < -0.39 is 82.0 Å². The Balaban J connectivity index is 1.23. The van der Waals surface area contributed by atoms with Gasteiger partial charge < -0.3 is 0 Å². The summed E-state index contributed by atoms with van der Waals surface area (Å²) in [5, 5.41) is 1.78. The molecule has 0 bridgehead atoms. The van der Waals surface area contributed by atoms with Crippen LogP contribution >= 0.6 is 0 Å². The standard InChI is InChI=1S/C40H14F12N2O4/c41-37(42,43)15-9-16(38(44,45)46)12-19(11-15)53-33(55)25-5-1-21-22-2-6-27-32-28(8-4-24(30(22)32)23-3-7-26(34(53)56)31(25)29(21)23)36(58)54(35(27)57)20-13-17(39(47,48)49)10-18(14-20)40(50,51)52/h1-14H. The Hall–Kier alpha value is -6.72. The molecular formula is C40H14F12N2O4. The number of imide groups is 2. The molecule has 4 amide bonds. The van der Waals surface area contributed by atoms with Gasteiger partial charge in [-0.05, 0) is 93.0 Å². The van der Waals surface area contributed by atoms with E-state index in [9.17, 15) is 71.9 Å². The summed E-state index contributed by atoms with van der Waals surface area (Å²) < 4.78 is 165. The second kappa shape index (κ2) is 11.4. The molecule has 0 aromatic heterocycles. The highest BCUT2D eigenvalue weighted by Gasteiger charge is 2.43. The van der Waals surface area contributed by atoms with Gasteiger partial charge in [-0.25, -0.2) is 9.80 Å². The first-order valence-electron chi connectivity index (χ1n) is 16.5. The highest BCUT2D eigenvalue weighted by atomic mass is 19.4. The van der Waals surface area contributed by atoms with Gasteiger partial charge in [0.05, 0.1) is 33.6 Å². The zero-order chi connectivity index (χ0) is 41.8. The summed E-state index contributed by atoms with van der Waals surface area (Å²) in [4.78, 5) is 56.2. The highest BCUT2D eigenvalue weighted by molar-refractivity contribution is 6.45. The van der Waals surface area contributed by atoms with E-state index in [4.69, 9.17) is 0 Å². The molecule has 7 aromatic carbocycles. The summed E-state index contributed by atoms with van der Waals surface area (Å²) in [6.45, 7) is 0. The second-order valence-electron chi connectivity index (χ2n) is 13.6. The van der Waals surface area contributed by atoms with Crippen molar-refractivity contribution in [3.63, 3.8) is 0 Å². The minimum absolute atomic E-state index is 0.00617. The summed E-state index contributed by atoms with van der Waals surface area (Å²) in [7, 11) is 0. The van der Waals surface area contributed by atoms with Crippen molar-refractivity contribution in [1.82, 2.24) is 0 Å². The van der Waals surface area contributed by atoms with E-state index in [1.807, 2.05) is 0 Å². The normalized spacial score (nSPS) is 15.3. The van der Waals surface area contributed by atoms with Crippen LogP contribution in [0.25, 0.3) is 43.1 Å². The minimum atomic E-state index is -5.28. The van der Waals surface area contributed by atoms with E-state index in [0.29, 0.717) is 21.5 Å². The number of fused-ring (bicyclic) bond motifs is 2. The number of carbonyl (C=O) groups excluding carboxylic acids is 4. The maximum atomic E-state index is 13.9. The van der Waals surface area contributed by atoms with Crippen molar-refractivity contribution in [2.24, 2.45) is 0 Å². The molecule has 0 N–H and O–H groups in total. The molecule has 18 heteroatoms. The summed E-state index contributed by atoms with van der Waals surface area (Å²) in [5.41, 5.74) is -10.0. The number of benzene rings is 7. The van der Waals surface area contributed by atoms with Gasteiger partial charge in [0.2, 0.25) is 0 Å². The topological polar surface area (TPSA) is 74.8 Å². The number of anilines is 2. The van der Waals surface area contributed by atoms with Crippen LogP contribution in [0.4, 0.5) is 64.1 Å². The van der Waals surface area contributed by atoms with Gasteiger partial charge >= 0.3 is 24.7 Å². The molecule has 9 rings (SSSR count). The molecule has 2 aliphatic rings. The second-order valence-corrected chi connectivity index (χ2v) is 13.6. The Morgan fingerprint density at radius 3 is 0.741 bits per heavy atom. The summed E-state index contributed by atoms with van der Waals surface area (Å²) in [6, 6.07) is 11.1. The van der Waals surface area contributed by atoms with Gasteiger partial charge in [-0.15, -0.1) is 0 Å². The summed E-state index contributed by atoms with van der Waals surface area (Å²) >= 11 is 0. The number of hydrogen-bond acceptors (Lipinski definition) is 4. The number of rotatable bonds is 2. The van der Waals surface area contributed by atoms with Gasteiger partial charge in [0.1, 0.15) is 0 Å². The molecular weight excluding hydrogens is 800 g/mol. The number of carbonyl (C=O) groups is 4. The average molecular weight is 815 g/mol. The van der Waals surface area contributed by atoms with Crippen molar-refractivity contribution in [1.29, 1.82) is 0 Å². The largest absolute Gasteiger partial charge is 0.416 e. The van der Waals surface area contributed by atoms with E-state index in [0.717, 1.165) is 0 Å². The molecule has 2 aliphatic heterocycles. The fourth-order valence-electron chi connectivity index (χ4n) is 7.87. The van der Waals surface area contributed by atoms with Crippen LogP contribution in [0, 0.1) is 0 Å². The molecule has 0 fully saturated rings. The average Bonchev–Trinajstić information content (AvgIpc) is 3.14. The molecule has 0 radical (unpaired) electrons. The lowest BCUT2D eigenvalue weighted by molar-refractivity contribution is -0.144. The Kier molecular flexibility index (Phi) is 7.28. The van der Waals surface area contributed by atoms with Crippen molar-refractivity contribution in [3.8, 4) is 0 Å². The number of nitrogens with zero attached hydrogens (tertiary/aromatic N) is 2. The van der Waals surface area contributed by atoms with E-state index in [1.54, 1.807) is 0 Å². The highest BCUT2D eigenvalue weighted by Crippen LogP contribution is 2.48. The van der Waals surface area contributed by atoms with E-state index >= 15 is 0 Å². The van der Waals surface area contributed by atoms with E-state index in [2.05, 4.69) is 0 Å². The maximum Gasteiger partial charge on any atom is 0.416 e. The Morgan fingerprint density at radius 1 is 0.310 bits per heavy atom. The smallest absolute Gasteiger partial charge is 0.268 e. The molecule has 58 heavy (non-hydrogen) atoms. The number of amides is 4. The lowest BCUT2D eigenvalue weighted by Gasteiger charge is -2.31. The Labute approximate surface area is 313 Å². The predicted molar refractivity (Wildman–Crippen MR) is 183 cm³/mol. The molecule has 0 saturated carbocycles. The van der Waals surface area contributed by atoms with Gasteiger partial charge in [-0.3, -0.25) is 19.2 Å². The molecule has 292 valence electrons. The van der Waals surface area contributed by atoms with Crippen LogP contribution in [0.1, 0.15) is 63.7 Å². The molecule has 0 aliphatic carbocycles. The Bertz CT molecular complexity index is 2660. The number of alkyl halides is 12. The first-order valence-corrected chi connectivity index (χ1v) is 16.5. The van der Waals surface area contributed by atoms with Crippen LogP contribution in [-0.2, 0) is 24.7 Å². The van der Waals surface area contributed by atoms with Crippen LogP contribution in [0.5, 0.6) is 0 Å². The van der Waals surface area contributed by atoms with Crippen LogP contribution < -0.4 is 9.80 Å². The maximum absolute atomic E-state index is 13.9. The fraction of sp³-hybridized carbons (Fsp3) is 0.100. The zero-order valence-electron chi connectivity index (χ0n) is 28.1. The van der Waals surface area contributed by atoms with Crippen LogP contribution in [0.15, 0.2) is 84.9 Å². The van der Waals surface area contributed by atoms with Crippen LogP contribution in [0.2, 0.25) is 0 Å². The quantitative estimate of drug-likeness (QED) is 0.0754. The first kappa shape index (κ1) is 36.9. The van der Waals surface area contributed by atoms with E-state index in [-0.39, 0.29) is 90.0 Å². The molecule has 7 aromatic rings. The van der Waals surface area contributed by atoms with Crippen molar-refractivity contribution in [3.05, 3.63) is 129 Å². The van der Waals surface area contributed by atoms with Crippen molar-refractivity contribution < 1.29 is 71.9 Å². The van der Waals surface area contributed by atoms with Gasteiger partial charge in [-0.2, -0.15) is 52.7 Å². The fourth-order valence-corrected chi connectivity index (χ4v) is 7.87. The van der Waals surface area contributed by atoms with Crippen molar-refractivity contribution in [2.75, 3.05) is 9.80 Å². The van der Waals surface area contributed by atoms with Crippen LogP contribution in [0.3, 0.4) is 0 Å². The summed E-state index contributed by atoms with van der Waals surface area (Å²) in [6.07, 6.45) is -21.1. The third kappa shape index (κ3) is 5.15. The molecule has 0 spiro atoms. The zero-order valence-corrected chi connectivity index (χ0v) is 28.1. The lowest BCUT2D eigenvalue weighted by atomic mass is 9.82. The first-order chi connectivity index (χ1) is 27.0. The number of hydrogen-bond donors (Lipinski definition) is 0. The third-order valence-electron chi connectivity index (χ3n) is 10.3. The van der Waals surface area contributed by atoms with E-state index in [1.165, 1.54) is 48.5 Å². The lowest BCUT2D eigenvalue weighted by Crippen LogP contribution is -2.41. The van der Waals surface area contributed by atoms with Gasteiger partial charge in [0, 0.05) is 33.0 Å². The predicted octanol–water partition coefficient (Wildman–Crippen LogP) is 11.4. The third-order valence-corrected chi connectivity index (χ3v) is 10.3.